The van der Waals surface area contributed by atoms with Crippen molar-refractivity contribution in [3.8, 4) is 0 Å². The van der Waals surface area contributed by atoms with Gasteiger partial charge in [-0.25, -0.2) is 13.2 Å². The van der Waals surface area contributed by atoms with E-state index in [4.69, 9.17) is 4.74 Å². The van der Waals surface area contributed by atoms with E-state index in [0.29, 0.717) is 25.8 Å². The first-order valence-corrected chi connectivity index (χ1v) is 10.6. The first-order chi connectivity index (χ1) is 13.4. The van der Waals surface area contributed by atoms with Gasteiger partial charge in [0.15, 0.2) is 0 Å². The van der Waals surface area contributed by atoms with E-state index >= 15 is 0 Å². The maximum atomic E-state index is 13.0. The van der Waals surface area contributed by atoms with Crippen molar-refractivity contribution in [1.82, 2.24) is 0 Å². The molecule has 146 valence electrons. The fourth-order valence-corrected chi connectivity index (χ4v) is 4.92. The fourth-order valence-electron chi connectivity index (χ4n) is 3.74. The molecule has 0 bridgehead atoms. The maximum Gasteiger partial charge on any atom is 0.340 e. The third-order valence-electron chi connectivity index (χ3n) is 5.00. The Labute approximate surface area is 163 Å². The molecule has 2 aromatic rings. The summed E-state index contributed by atoms with van der Waals surface area (Å²) in [6.45, 7) is 2.47. The van der Waals surface area contributed by atoms with Crippen molar-refractivity contribution in [2.24, 2.45) is 0 Å². The lowest BCUT2D eigenvalue weighted by Gasteiger charge is -2.25. The Balaban J connectivity index is 1.70. The second kappa shape index (κ2) is 6.94. The van der Waals surface area contributed by atoms with E-state index in [1.165, 1.54) is 12.1 Å². The summed E-state index contributed by atoms with van der Waals surface area (Å²) in [6, 6.07) is 9.59. The van der Waals surface area contributed by atoms with Gasteiger partial charge in [-0.3, -0.25) is 9.52 Å². The Hall–Kier alpha value is -2.87. The Morgan fingerprint density at radius 2 is 1.86 bits per heavy atom. The minimum atomic E-state index is -3.91. The first-order valence-electron chi connectivity index (χ1n) is 9.16. The van der Waals surface area contributed by atoms with Crippen LogP contribution in [0.2, 0.25) is 0 Å². The smallest absolute Gasteiger partial charge is 0.340 e. The zero-order valence-electron chi connectivity index (χ0n) is 15.4. The summed E-state index contributed by atoms with van der Waals surface area (Å²) in [5.74, 6) is -0.498. The number of hydrogen-bond donors (Lipinski definition) is 1. The molecule has 0 aromatic heterocycles. The van der Waals surface area contributed by atoms with E-state index in [2.05, 4.69) is 4.72 Å². The van der Waals surface area contributed by atoms with E-state index in [1.807, 2.05) is 0 Å². The molecule has 1 N–H and O–H groups in total. The van der Waals surface area contributed by atoms with E-state index in [1.54, 1.807) is 36.1 Å². The molecule has 8 heteroatoms. The van der Waals surface area contributed by atoms with E-state index in [9.17, 15) is 18.0 Å². The number of hydrogen-bond acceptors (Lipinski definition) is 5. The number of benzene rings is 2. The quantitative estimate of drug-likeness (QED) is 0.779. The van der Waals surface area contributed by atoms with Crippen LogP contribution in [0, 0.1) is 0 Å². The van der Waals surface area contributed by atoms with Crippen LogP contribution in [-0.2, 0) is 32.4 Å². The molecule has 0 unspecified atom stereocenters. The van der Waals surface area contributed by atoms with Crippen molar-refractivity contribution in [1.29, 1.82) is 0 Å². The molecule has 0 aliphatic carbocycles. The zero-order chi connectivity index (χ0) is 19.9. The number of para-hydroxylation sites is 1. The number of nitrogens with one attached hydrogen (secondary N) is 1. The molecule has 2 aliphatic heterocycles. The number of carbonyl (C=O) groups is 2. The number of anilines is 2. The lowest BCUT2D eigenvalue weighted by molar-refractivity contribution is -0.118. The molecule has 2 aromatic carbocycles. The SMILES string of the molecule is CCOC(=O)c1ccccc1NS(=O)(=O)c1cc2c3c(c1)CCN3C(=O)CC2. The van der Waals surface area contributed by atoms with Crippen LogP contribution >= 0.6 is 0 Å². The molecule has 2 aliphatic rings. The lowest BCUT2D eigenvalue weighted by atomic mass is 10.00. The van der Waals surface area contributed by atoms with Crippen LogP contribution in [0.25, 0.3) is 0 Å². The molecule has 0 spiro atoms. The molecule has 28 heavy (non-hydrogen) atoms. The number of sulfonamides is 1. The highest BCUT2D eigenvalue weighted by Crippen LogP contribution is 2.38. The van der Waals surface area contributed by atoms with E-state index in [0.717, 1.165) is 16.8 Å². The van der Waals surface area contributed by atoms with Crippen molar-refractivity contribution >= 4 is 33.3 Å². The van der Waals surface area contributed by atoms with Crippen LogP contribution in [0.15, 0.2) is 41.3 Å². The van der Waals surface area contributed by atoms with Crippen LogP contribution in [0.4, 0.5) is 11.4 Å². The molecule has 0 fully saturated rings. The van der Waals surface area contributed by atoms with Crippen molar-refractivity contribution in [2.75, 3.05) is 22.8 Å². The Morgan fingerprint density at radius 1 is 1.14 bits per heavy atom. The van der Waals surface area contributed by atoms with Crippen molar-refractivity contribution < 1.29 is 22.7 Å². The lowest BCUT2D eigenvalue weighted by Crippen LogP contribution is -2.33. The maximum absolute atomic E-state index is 13.0. The minimum absolute atomic E-state index is 0.0864. The van der Waals surface area contributed by atoms with Gasteiger partial charge < -0.3 is 9.64 Å². The highest BCUT2D eigenvalue weighted by molar-refractivity contribution is 7.92. The van der Waals surface area contributed by atoms with Crippen LogP contribution in [0.1, 0.15) is 34.8 Å². The molecule has 0 radical (unpaired) electrons. The summed E-state index contributed by atoms with van der Waals surface area (Å²) in [7, 11) is -3.91. The third-order valence-corrected chi connectivity index (χ3v) is 6.35. The second-order valence-corrected chi connectivity index (χ2v) is 8.44. The number of nitrogens with zero attached hydrogens (tertiary/aromatic N) is 1. The van der Waals surface area contributed by atoms with Gasteiger partial charge in [0.05, 0.1) is 28.4 Å². The average molecular weight is 400 g/mol. The number of esters is 1. The molecule has 2 heterocycles. The number of rotatable bonds is 5. The Morgan fingerprint density at radius 3 is 2.61 bits per heavy atom. The largest absolute Gasteiger partial charge is 0.462 e. The van der Waals surface area contributed by atoms with Crippen molar-refractivity contribution in [2.45, 2.75) is 31.1 Å². The van der Waals surface area contributed by atoms with Crippen LogP contribution in [-0.4, -0.2) is 33.4 Å². The molecule has 0 saturated heterocycles. The summed E-state index contributed by atoms with van der Waals surface area (Å²) in [5.41, 5.74) is 2.93. The topological polar surface area (TPSA) is 92.8 Å². The molecule has 7 nitrogen and oxygen atoms in total. The molecular formula is C20H20N2O5S. The van der Waals surface area contributed by atoms with Gasteiger partial charge in [0, 0.05) is 13.0 Å². The molecular weight excluding hydrogens is 380 g/mol. The Kier molecular flexibility index (Phi) is 4.58. The summed E-state index contributed by atoms with van der Waals surface area (Å²) < 4.78 is 33.6. The minimum Gasteiger partial charge on any atom is -0.462 e. The Bertz CT molecular complexity index is 1080. The number of aryl methyl sites for hydroxylation is 1. The van der Waals surface area contributed by atoms with Gasteiger partial charge in [0.25, 0.3) is 10.0 Å². The van der Waals surface area contributed by atoms with Crippen LogP contribution in [0.5, 0.6) is 0 Å². The van der Waals surface area contributed by atoms with Gasteiger partial charge in [-0.05, 0) is 55.2 Å². The second-order valence-electron chi connectivity index (χ2n) is 6.76. The van der Waals surface area contributed by atoms with Gasteiger partial charge in [0.1, 0.15) is 0 Å². The summed E-state index contributed by atoms with van der Waals surface area (Å²) in [6.07, 6.45) is 1.55. The monoisotopic (exact) mass is 400 g/mol. The van der Waals surface area contributed by atoms with Crippen molar-refractivity contribution in [3.63, 3.8) is 0 Å². The normalized spacial score (nSPS) is 15.3. The van der Waals surface area contributed by atoms with Crippen LogP contribution < -0.4 is 9.62 Å². The predicted octanol–water partition coefficient (Wildman–Crippen LogP) is 2.50. The summed E-state index contributed by atoms with van der Waals surface area (Å²) >= 11 is 0. The summed E-state index contributed by atoms with van der Waals surface area (Å²) in [5, 5.41) is 0. The zero-order valence-corrected chi connectivity index (χ0v) is 16.2. The highest BCUT2D eigenvalue weighted by Gasteiger charge is 2.33. The third kappa shape index (κ3) is 3.13. The van der Waals surface area contributed by atoms with Gasteiger partial charge in [-0.2, -0.15) is 0 Å². The summed E-state index contributed by atoms with van der Waals surface area (Å²) in [4.78, 5) is 26.1. The number of amides is 1. The average Bonchev–Trinajstić information content (AvgIpc) is 3.10. The van der Waals surface area contributed by atoms with Gasteiger partial charge >= 0.3 is 5.97 Å². The van der Waals surface area contributed by atoms with E-state index in [-0.39, 0.29) is 28.7 Å². The number of ether oxygens (including phenoxy) is 1. The van der Waals surface area contributed by atoms with Gasteiger partial charge in [-0.1, -0.05) is 12.1 Å². The fraction of sp³-hybridized carbons (Fsp3) is 0.300. The van der Waals surface area contributed by atoms with Crippen LogP contribution in [0.3, 0.4) is 0 Å². The molecule has 1 amide bonds. The predicted molar refractivity (Wildman–Crippen MR) is 104 cm³/mol. The molecule has 4 rings (SSSR count). The van der Waals surface area contributed by atoms with E-state index < -0.39 is 16.0 Å². The standard InChI is InChI=1S/C20H20N2O5S/c1-2-27-20(24)16-5-3-4-6-17(16)21-28(25,26)15-11-13-7-8-18(23)22-10-9-14(12-15)19(13)22/h3-6,11-12,21H,2,7-10H2,1H3. The van der Waals surface area contributed by atoms with Crippen molar-refractivity contribution in [3.05, 3.63) is 53.1 Å². The molecule has 0 atom stereocenters. The van der Waals surface area contributed by atoms with Gasteiger partial charge in [0.2, 0.25) is 5.91 Å². The van der Waals surface area contributed by atoms with Gasteiger partial charge in [-0.15, -0.1) is 0 Å². The molecule has 0 saturated carbocycles. The first kappa shape index (κ1) is 18.5. The number of carbonyl (C=O) groups excluding carboxylic acids is 2. The highest BCUT2D eigenvalue weighted by atomic mass is 32.2.